The maximum Gasteiger partial charge on any atom is 0.306 e. The molecule has 6 heteroatoms. The zero-order valence-corrected chi connectivity index (χ0v) is 43.7. The number of carbonyl (C=O) groups is 3. The minimum Gasteiger partial charge on any atom is -0.462 e. The minimum absolute atomic E-state index is 0.0739. The molecular weight excluding hydrogens is 817 g/mol. The smallest absolute Gasteiger partial charge is 0.306 e. The van der Waals surface area contributed by atoms with Crippen LogP contribution in [0.25, 0.3) is 0 Å². The third-order valence-electron chi connectivity index (χ3n) is 12.2. The van der Waals surface area contributed by atoms with Gasteiger partial charge in [0.15, 0.2) is 6.10 Å². The fourth-order valence-corrected chi connectivity index (χ4v) is 8.03. The van der Waals surface area contributed by atoms with Gasteiger partial charge < -0.3 is 14.2 Å². The molecule has 0 aromatic heterocycles. The maximum atomic E-state index is 12.8. The van der Waals surface area contributed by atoms with Crippen molar-refractivity contribution in [3.63, 3.8) is 0 Å². The molecule has 1 atom stereocenters. The highest BCUT2D eigenvalue weighted by atomic mass is 16.6. The average Bonchev–Trinajstić information content (AvgIpc) is 3.31. The molecule has 0 aromatic carbocycles. The minimum atomic E-state index is -0.772. The van der Waals surface area contributed by atoms with E-state index in [1.165, 1.54) is 148 Å². The molecule has 0 fully saturated rings. The van der Waals surface area contributed by atoms with E-state index in [9.17, 15) is 14.4 Å². The quantitative estimate of drug-likeness (QED) is 0.0262. The summed E-state index contributed by atoms with van der Waals surface area (Å²) in [6, 6.07) is 0. The van der Waals surface area contributed by atoms with Gasteiger partial charge in [-0.25, -0.2) is 0 Å². The summed E-state index contributed by atoms with van der Waals surface area (Å²) in [6.07, 6.45) is 68.0. The second-order valence-corrected chi connectivity index (χ2v) is 18.8. The summed E-state index contributed by atoms with van der Waals surface area (Å²) in [5, 5.41) is 0. The van der Waals surface area contributed by atoms with Crippen molar-refractivity contribution in [1.29, 1.82) is 0 Å². The maximum absolute atomic E-state index is 12.8. The first-order chi connectivity index (χ1) is 32.5. The lowest BCUT2D eigenvalue weighted by molar-refractivity contribution is -0.167. The molecule has 0 aliphatic heterocycles. The van der Waals surface area contributed by atoms with Crippen molar-refractivity contribution in [2.75, 3.05) is 13.2 Å². The highest BCUT2D eigenvalue weighted by Gasteiger charge is 2.19. The van der Waals surface area contributed by atoms with Crippen LogP contribution < -0.4 is 0 Å². The lowest BCUT2D eigenvalue weighted by Crippen LogP contribution is -2.30. The van der Waals surface area contributed by atoms with Gasteiger partial charge in [-0.15, -0.1) is 0 Å². The average molecular weight is 924 g/mol. The number of unbranched alkanes of at least 4 members (excludes halogenated alkanes) is 30. The third-order valence-corrected chi connectivity index (χ3v) is 12.2. The number of rotatable bonds is 51. The van der Waals surface area contributed by atoms with Gasteiger partial charge in [-0.1, -0.05) is 248 Å². The zero-order chi connectivity index (χ0) is 47.9. The van der Waals surface area contributed by atoms with Crippen molar-refractivity contribution in [2.45, 2.75) is 290 Å². The van der Waals surface area contributed by atoms with Gasteiger partial charge in [0.2, 0.25) is 0 Å². The van der Waals surface area contributed by atoms with E-state index in [4.69, 9.17) is 14.2 Å². The van der Waals surface area contributed by atoms with E-state index >= 15 is 0 Å². The summed E-state index contributed by atoms with van der Waals surface area (Å²) in [4.78, 5) is 37.9. The number of hydrogen-bond acceptors (Lipinski definition) is 6. The summed E-state index contributed by atoms with van der Waals surface area (Å²) >= 11 is 0. The van der Waals surface area contributed by atoms with Crippen LogP contribution in [0.3, 0.4) is 0 Å². The number of esters is 3. The number of ether oxygens (including phenoxy) is 3. The second-order valence-electron chi connectivity index (χ2n) is 18.8. The van der Waals surface area contributed by atoms with Gasteiger partial charge in [-0.2, -0.15) is 0 Å². The first-order valence-electron chi connectivity index (χ1n) is 28.3. The lowest BCUT2D eigenvalue weighted by atomic mass is 10.0. The van der Waals surface area contributed by atoms with Gasteiger partial charge in [-0.3, -0.25) is 14.4 Å². The fourth-order valence-electron chi connectivity index (χ4n) is 8.03. The van der Waals surface area contributed by atoms with Crippen LogP contribution in [0.2, 0.25) is 0 Å². The van der Waals surface area contributed by atoms with Gasteiger partial charge in [0.25, 0.3) is 0 Å². The Kier molecular flexibility index (Phi) is 52.3. The van der Waals surface area contributed by atoms with Crippen LogP contribution in [0, 0.1) is 0 Å². The predicted octanol–water partition coefficient (Wildman–Crippen LogP) is 18.8. The molecule has 0 aromatic rings. The molecule has 6 nitrogen and oxygen atoms in total. The van der Waals surface area contributed by atoms with Crippen LogP contribution in [0.1, 0.15) is 284 Å². The Hall–Kier alpha value is -2.89. The number of hydrogen-bond donors (Lipinski definition) is 0. The molecule has 0 saturated carbocycles. The summed E-state index contributed by atoms with van der Waals surface area (Å²) in [5.41, 5.74) is 0. The summed E-state index contributed by atoms with van der Waals surface area (Å²) in [5.74, 6) is -0.877. The van der Waals surface area contributed by atoms with Gasteiger partial charge in [0.05, 0.1) is 0 Å². The van der Waals surface area contributed by atoms with Crippen LogP contribution in [0.4, 0.5) is 0 Å². The SMILES string of the molecule is CC/C=C\C/C=C\C/C=C\C/C=C\CCCCCCCCCCCCCCCCC(=O)OCC(COC(=O)CCCCCCC/C=C\CCC)OC(=O)CCCCCCCCCCCCC. The van der Waals surface area contributed by atoms with Crippen molar-refractivity contribution in [2.24, 2.45) is 0 Å². The number of carbonyl (C=O) groups excluding carboxylic acids is 3. The molecule has 0 N–H and O–H groups in total. The molecule has 0 bridgehead atoms. The van der Waals surface area contributed by atoms with E-state index in [1.807, 2.05) is 0 Å². The molecule has 0 saturated heterocycles. The van der Waals surface area contributed by atoms with E-state index in [1.54, 1.807) is 0 Å². The summed E-state index contributed by atoms with van der Waals surface area (Å²) < 4.78 is 16.8. The van der Waals surface area contributed by atoms with E-state index in [2.05, 4.69) is 81.5 Å². The highest BCUT2D eigenvalue weighted by Crippen LogP contribution is 2.16. The van der Waals surface area contributed by atoms with Crippen LogP contribution in [0.15, 0.2) is 60.8 Å². The fraction of sp³-hybridized carbons (Fsp3) is 0.783. The molecule has 0 aliphatic carbocycles. The van der Waals surface area contributed by atoms with E-state index < -0.39 is 6.10 Å². The van der Waals surface area contributed by atoms with Crippen molar-refractivity contribution < 1.29 is 28.6 Å². The van der Waals surface area contributed by atoms with E-state index in [-0.39, 0.29) is 31.1 Å². The molecular formula is C60H106O6. The Morgan fingerprint density at radius 2 is 0.621 bits per heavy atom. The molecule has 0 amide bonds. The number of allylic oxidation sites excluding steroid dienone is 10. The monoisotopic (exact) mass is 923 g/mol. The van der Waals surface area contributed by atoms with Gasteiger partial charge in [-0.05, 0) is 77.0 Å². The van der Waals surface area contributed by atoms with Crippen LogP contribution in [-0.2, 0) is 28.6 Å². The van der Waals surface area contributed by atoms with Gasteiger partial charge in [0, 0.05) is 19.3 Å². The lowest BCUT2D eigenvalue weighted by Gasteiger charge is -2.18. The van der Waals surface area contributed by atoms with Gasteiger partial charge >= 0.3 is 17.9 Å². The first kappa shape index (κ1) is 63.1. The van der Waals surface area contributed by atoms with E-state index in [0.717, 1.165) is 96.3 Å². The van der Waals surface area contributed by atoms with Crippen molar-refractivity contribution in [1.82, 2.24) is 0 Å². The van der Waals surface area contributed by atoms with Crippen LogP contribution in [-0.4, -0.2) is 37.2 Å². The molecule has 382 valence electrons. The van der Waals surface area contributed by atoms with E-state index in [0.29, 0.717) is 19.3 Å². The Labute approximate surface area is 409 Å². The van der Waals surface area contributed by atoms with Crippen LogP contribution in [0.5, 0.6) is 0 Å². The van der Waals surface area contributed by atoms with Gasteiger partial charge in [0.1, 0.15) is 13.2 Å². The second kappa shape index (κ2) is 54.7. The summed E-state index contributed by atoms with van der Waals surface area (Å²) in [7, 11) is 0. The largest absolute Gasteiger partial charge is 0.462 e. The van der Waals surface area contributed by atoms with Crippen molar-refractivity contribution in [3.05, 3.63) is 60.8 Å². The Morgan fingerprint density at radius 3 is 1.00 bits per heavy atom. The van der Waals surface area contributed by atoms with Crippen LogP contribution >= 0.6 is 0 Å². The predicted molar refractivity (Wildman–Crippen MR) is 284 cm³/mol. The standard InChI is InChI=1S/C60H106O6/c1-4-7-10-13-16-19-22-23-24-25-26-27-28-29-30-31-32-33-34-35-36-37-39-41-44-47-50-53-59(62)65-56-57(55-64-58(61)52-49-46-43-40-21-18-15-12-9-6-3)66-60(63)54-51-48-45-42-38-20-17-14-11-8-5-2/h7,10,12,15-16,19,23-24,26-27,57H,4-6,8-9,11,13-14,17-18,20-22,25,28-56H2,1-3H3/b10-7-,15-12-,19-16-,24-23-,27-26-. The molecule has 1 unspecified atom stereocenters. The molecule has 0 heterocycles. The molecule has 66 heavy (non-hydrogen) atoms. The molecule has 0 rings (SSSR count). The normalized spacial score (nSPS) is 12.5. The third kappa shape index (κ3) is 52.1. The molecule has 0 aliphatic rings. The van der Waals surface area contributed by atoms with Crippen molar-refractivity contribution >= 4 is 17.9 Å². The molecule has 0 spiro atoms. The Morgan fingerprint density at radius 1 is 0.318 bits per heavy atom. The van der Waals surface area contributed by atoms with Crippen molar-refractivity contribution in [3.8, 4) is 0 Å². The topological polar surface area (TPSA) is 78.9 Å². The zero-order valence-electron chi connectivity index (χ0n) is 43.7. The Balaban J connectivity index is 4.12. The highest BCUT2D eigenvalue weighted by molar-refractivity contribution is 5.71. The first-order valence-corrected chi connectivity index (χ1v) is 28.3. The Bertz CT molecular complexity index is 1200. The molecule has 0 radical (unpaired) electrons. The summed E-state index contributed by atoms with van der Waals surface area (Å²) in [6.45, 7) is 6.47.